The number of carbonyl (C=O) groups excluding carboxylic acids is 1. The molecule has 0 aromatic heterocycles. The molecule has 0 saturated heterocycles. The predicted molar refractivity (Wildman–Crippen MR) is 85.0 cm³/mol. The molecule has 0 unspecified atom stereocenters. The van der Waals surface area contributed by atoms with E-state index in [-0.39, 0.29) is 11.7 Å². The van der Waals surface area contributed by atoms with Gasteiger partial charge in [-0.25, -0.2) is 0 Å². The van der Waals surface area contributed by atoms with E-state index in [0.29, 0.717) is 41.1 Å². The summed E-state index contributed by atoms with van der Waals surface area (Å²) in [7, 11) is 1.57. The molecule has 1 aromatic rings. The molecule has 3 N–H and O–H groups in total. The summed E-state index contributed by atoms with van der Waals surface area (Å²) >= 11 is 8.01. The number of benzene rings is 1. The first-order valence-corrected chi connectivity index (χ1v) is 7.21. The van der Waals surface area contributed by atoms with E-state index in [1.165, 1.54) is 6.07 Å². The lowest BCUT2D eigenvalue weighted by molar-refractivity contribution is 0.0701. The van der Waals surface area contributed by atoms with Crippen LogP contribution in [0.15, 0.2) is 22.7 Å². The highest BCUT2D eigenvalue weighted by Gasteiger charge is 2.16. The van der Waals surface area contributed by atoms with Crippen LogP contribution >= 0.6 is 28.1 Å². The van der Waals surface area contributed by atoms with Crippen molar-refractivity contribution in [2.24, 2.45) is 5.73 Å². The fourth-order valence-corrected chi connectivity index (χ4v) is 1.93. The average molecular weight is 361 g/mol. The molecule has 5 nitrogen and oxygen atoms in total. The van der Waals surface area contributed by atoms with Crippen molar-refractivity contribution < 1.29 is 14.6 Å². The molecule has 0 atom stereocenters. The SMILES string of the molecule is COCCN(CCC(N)=S)C(=O)c1ccc(Br)c(O)c1. The standard InChI is InChI=1S/C13H17BrN2O3S/c1-19-7-6-16(5-4-12(15)20)13(18)9-2-3-10(14)11(17)8-9/h2-3,8,17H,4-7H2,1H3,(H2,15,20). The van der Waals surface area contributed by atoms with Crippen LogP contribution in [-0.2, 0) is 4.74 Å². The molecule has 0 radical (unpaired) electrons. The number of hydrogen-bond donors (Lipinski definition) is 2. The minimum Gasteiger partial charge on any atom is -0.507 e. The van der Waals surface area contributed by atoms with E-state index in [2.05, 4.69) is 15.9 Å². The number of hydrogen-bond acceptors (Lipinski definition) is 4. The van der Waals surface area contributed by atoms with Crippen molar-refractivity contribution in [2.75, 3.05) is 26.8 Å². The second kappa shape index (κ2) is 8.18. The third-order valence-electron chi connectivity index (χ3n) is 2.67. The van der Waals surface area contributed by atoms with Crippen LogP contribution in [0.25, 0.3) is 0 Å². The number of rotatable bonds is 7. The summed E-state index contributed by atoms with van der Waals surface area (Å²) in [4.78, 5) is 14.3. The van der Waals surface area contributed by atoms with Gasteiger partial charge < -0.3 is 20.5 Å². The normalized spacial score (nSPS) is 10.3. The highest BCUT2D eigenvalue weighted by Crippen LogP contribution is 2.24. The van der Waals surface area contributed by atoms with Crippen LogP contribution < -0.4 is 5.73 Å². The Morgan fingerprint density at radius 1 is 1.50 bits per heavy atom. The molecule has 20 heavy (non-hydrogen) atoms. The zero-order chi connectivity index (χ0) is 15.1. The number of methoxy groups -OCH3 is 1. The molecule has 0 bridgehead atoms. The first kappa shape index (κ1) is 16.9. The van der Waals surface area contributed by atoms with Gasteiger partial charge in [0.2, 0.25) is 0 Å². The van der Waals surface area contributed by atoms with Crippen LogP contribution in [-0.4, -0.2) is 47.7 Å². The van der Waals surface area contributed by atoms with Gasteiger partial charge in [-0.1, -0.05) is 12.2 Å². The summed E-state index contributed by atoms with van der Waals surface area (Å²) < 4.78 is 5.54. The number of thiocarbonyl (C=S) groups is 1. The van der Waals surface area contributed by atoms with Gasteiger partial charge >= 0.3 is 0 Å². The largest absolute Gasteiger partial charge is 0.507 e. The molecule has 0 fully saturated rings. The summed E-state index contributed by atoms with van der Waals surface area (Å²) in [5, 5.41) is 9.64. The number of phenols is 1. The van der Waals surface area contributed by atoms with E-state index >= 15 is 0 Å². The molecule has 0 heterocycles. The molecular weight excluding hydrogens is 344 g/mol. The first-order chi connectivity index (χ1) is 9.45. The Morgan fingerprint density at radius 3 is 2.75 bits per heavy atom. The smallest absolute Gasteiger partial charge is 0.254 e. The van der Waals surface area contributed by atoms with E-state index in [1.54, 1.807) is 24.1 Å². The molecule has 0 saturated carbocycles. The van der Waals surface area contributed by atoms with E-state index in [1.807, 2.05) is 0 Å². The number of nitrogens with two attached hydrogens (primary N) is 1. The topological polar surface area (TPSA) is 75.8 Å². The lowest BCUT2D eigenvalue weighted by Gasteiger charge is -2.22. The van der Waals surface area contributed by atoms with Gasteiger partial charge in [-0.05, 0) is 34.1 Å². The molecule has 0 spiro atoms. The quantitative estimate of drug-likeness (QED) is 0.726. The summed E-state index contributed by atoms with van der Waals surface area (Å²) in [5.41, 5.74) is 5.88. The second-order valence-electron chi connectivity index (χ2n) is 4.17. The van der Waals surface area contributed by atoms with Crippen molar-refractivity contribution in [3.05, 3.63) is 28.2 Å². The molecule has 1 aromatic carbocycles. The van der Waals surface area contributed by atoms with Crippen LogP contribution in [0.2, 0.25) is 0 Å². The zero-order valence-electron chi connectivity index (χ0n) is 11.1. The van der Waals surface area contributed by atoms with Crippen molar-refractivity contribution in [1.82, 2.24) is 4.90 Å². The van der Waals surface area contributed by atoms with Gasteiger partial charge in [0, 0.05) is 32.2 Å². The zero-order valence-corrected chi connectivity index (χ0v) is 13.5. The lowest BCUT2D eigenvalue weighted by Crippen LogP contribution is -2.36. The number of nitrogens with zero attached hydrogens (tertiary/aromatic N) is 1. The van der Waals surface area contributed by atoms with Gasteiger partial charge in [0.15, 0.2) is 0 Å². The highest BCUT2D eigenvalue weighted by molar-refractivity contribution is 9.10. The van der Waals surface area contributed by atoms with Crippen LogP contribution in [0.4, 0.5) is 0 Å². The van der Waals surface area contributed by atoms with E-state index < -0.39 is 0 Å². The second-order valence-corrected chi connectivity index (χ2v) is 5.55. The van der Waals surface area contributed by atoms with E-state index in [9.17, 15) is 9.90 Å². The van der Waals surface area contributed by atoms with E-state index in [4.69, 9.17) is 22.7 Å². The van der Waals surface area contributed by atoms with E-state index in [0.717, 1.165) is 0 Å². The fourth-order valence-electron chi connectivity index (χ4n) is 1.59. The lowest BCUT2D eigenvalue weighted by atomic mass is 10.2. The Kier molecular flexibility index (Phi) is 6.90. The Labute approximate surface area is 131 Å². The van der Waals surface area contributed by atoms with Gasteiger partial charge in [-0.2, -0.15) is 0 Å². The van der Waals surface area contributed by atoms with Gasteiger partial charge in [-0.3, -0.25) is 4.79 Å². The molecule has 7 heteroatoms. The summed E-state index contributed by atoms with van der Waals surface area (Å²) in [5.74, 6) is -0.169. The summed E-state index contributed by atoms with van der Waals surface area (Å²) in [6.45, 7) is 1.29. The molecule has 1 rings (SSSR count). The van der Waals surface area contributed by atoms with Crippen molar-refractivity contribution in [3.8, 4) is 5.75 Å². The van der Waals surface area contributed by atoms with Gasteiger partial charge in [-0.15, -0.1) is 0 Å². The molecule has 1 amide bonds. The predicted octanol–water partition coefficient (Wildman–Crippen LogP) is 1.92. The molecule has 0 aliphatic carbocycles. The molecule has 0 aliphatic rings. The van der Waals surface area contributed by atoms with Crippen LogP contribution in [0.1, 0.15) is 16.8 Å². The van der Waals surface area contributed by atoms with Gasteiger partial charge in [0.05, 0.1) is 16.1 Å². The minimum atomic E-state index is -0.193. The third kappa shape index (κ3) is 5.07. The summed E-state index contributed by atoms with van der Waals surface area (Å²) in [6.07, 6.45) is 0.452. The van der Waals surface area contributed by atoms with Crippen LogP contribution in [0.3, 0.4) is 0 Å². The maximum absolute atomic E-state index is 12.4. The number of ether oxygens (including phenoxy) is 1. The first-order valence-electron chi connectivity index (χ1n) is 6.00. The minimum absolute atomic E-state index is 0.0249. The Morgan fingerprint density at radius 2 is 2.20 bits per heavy atom. The molecule has 110 valence electrons. The average Bonchev–Trinajstić information content (AvgIpc) is 2.41. The fraction of sp³-hybridized carbons (Fsp3) is 0.385. The number of carbonyl (C=O) groups is 1. The van der Waals surface area contributed by atoms with Crippen LogP contribution in [0, 0.1) is 0 Å². The van der Waals surface area contributed by atoms with Gasteiger partial charge in [0.25, 0.3) is 5.91 Å². The van der Waals surface area contributed by atoms with Gasteiger partial charge in [0.1, 0.15) is 5.75 Å². The Hall–Kier alpha value is -1.18. The van der Waals surface area contributed by atoms with Crippen molar-refractivity contribution in [3.63, 3.8) is 0 Å². The van der Waals surface area contributed by atoms with Crippen molar-refractivity contribution in [2.45, 2.75) is 6.42 Å². The highest BCUT2D eigenvalue weighted by atomic mass is 79.9. The third-order valence-corrected chi connectivity index (χ3v) is 3.55. The number of halogens is 1. The van der Waals surface area contributed by atoms with Crippen molar-refractivity contribution >= 4 is 39.0 Å². The van der Waals surface area contributed by atoms with Crippen molar-refractivity contribution in [1.29, 1.82) is 0 Å². The number of amides is 1. The summed E-state index contributed by atoms with van der Waals surface area (Å²) in [6, 6.07) is 4.70. The maximum Gasteiger partial charge on any atom is 0.254 e. The number of aromatic hydroxyl groups is 1. The monoisotopic (exact) mass is 360 g/mol. The molecular formula is C13H17BrN2O3S. The van der Waals surface area contributed by atoms with Crippen LogP contribution in [0.5, 0.6) is 5.75 Å². The maximum atomic E-state index is 12.4. The number of phenolic OH excluding ortho intramolecular Hbond substituents is 1. The Bertz CT molecular complexity index is 497. The molecule has 0 aliphatic heterocycles. The Balaban J connectivity index is 2.84.